The van der Waals surface area contributed by atoms with Crippen LogP contribution in [0.15, 0.2) is 91.1 Å². The molecule has 0 unspecified atom stereocenters. The largest absolute Gasteiger partial charge is 0.497 e. The predicted octanol–water partition coefficient (Wildman–Crippen LogP) is 7.04. The fourth-order valence-electron chi connectivity index (χ4n) is 4.07. The second-order valence-corrected chi connectivity index (χ2v) is 7.30. The molecule has 5 rings (SSSR count). The molecule has 0 saturated carbocycles. The normalized spacial score (nSPS) is 11.1. The van der Waals surface area contributed by atoms with Crippen LogP contribution in [-0.4, -0.2) is 12.1 Å². The van der Waals surface area contributed by atoms with Gasteiger partial charge in [0.15, 0.2) is 0 Å². The van der Waals surface area contributed by atoms with E-state index < -0.39 is 0 Å². The molecule has 5 aromatic rings. The van der Waals surface area contributed by atoms with Crippen molar-refractivity contribution >= 4 is 21.5 Å². The summed E-state index contributed by atoms with van der Waals surface area (Å²) >= 11 is 0. The van der Waals surface area contributed by atoms with Crippen LogP contribution in [0.5, 0.6) is 5.75 Å². The third-order valence-electron chi connectivity index (χ3n) is 5.57. The van der Waals surface area contributed by atoms with E-state index in [-0.39, 0.29) is 0 Å². The van der Waals surface area contributed by atoms with E-state index in [0.29, 0.717) is 0 Å². The third kappa shape index (κ3) is 3.03. The second-order valence-electron chi connectivity index (χ2n) is 7.30. The minimum atomic E-state index is 0.871. The Bertz CT molecular complexity index is 1340. The molecule has 0 radical (unpaired) electrons. The van der Waals surface area contributed by atoms with E-state index >= 15 is 0 Å². The van der Waals surface area contributed by atoms with Crippen molar-refractivity contribution in [3.8, 4) is 28.1 Å². The minimum Gasteiger partial charge on any atom is -0.497 e. The number of pyridine rings is 1. The number of methoxy groups -OCH3 is 1. The maximum Gasteiger partial charge on any atom is 0.118 e. The Labute approximate surface area is 170 Å². The standard InChI is InChI=1S/C27H21NO/c1-18-17-21(10-13-23(18)20-7-11-22(29-2)12-8-20)27-26-14-9-19-5-3-4-6-24(19)25(26)15-16-28-27/h3-17H,1-2H3. The van der Waals surface area contributed by atoms with Crippen molar-refractivity contribution in [1.29, 1.82) is 0 Å². The van der Waals surface area contributed by atoms with E-state index in [0.717, 1.165) is 17.0 Å². The summed E-state index contributed by atoms with van der Waals surface area (Å²) in [6, 6.07) is 29.8. The molecule has 2 nitrogen and oxygen atoms in total. The first kappa shape index (κ1) is 17.4. The minimum absolute atomic E-state index is 0.871. The molecule has 0 fully saturated rings. The monoisotopic (exact) mass is 375 g/mol. The van der Waals surface area contributed by atoms with Crippen LogP contribution in [-0.2, 0) is 0 Å². The molecule has 29 heavy (non-hydrogen) atoms. The molecule has 0 aliphatic heterocycles. The zero-order chi connectivity index (χ0) is 19.8. The molecule has 0 amide bonds. The van der Waals surface area contributed by atoms with E-state index in [1.54, 1.807) is 7.11 Å². The quantitative estimate of drug-likeness (QED) is 0.316. The van der Waals surface area contributed by atoms with Crippen LogP contribution in [0, 0.1) is 6.92 Å². The van der Waals surface area contributed by atoms with Crippen molar-refractivity contribution in [1.82, 2.24) is 4.98 Å². The third-order valence-corrected chi connectivity index (χ3v) is 5.57. The lowest BCUT2D eigenvalue weighted by Gasteiger charge is -2.12. The van der Waals surface area contributed by atoms with Crippen molar-refractivity contribution in [2.75, 3.05) is 7.11 Å². The summed E-state index contributed by atoms with van der Waals surface area (Å²) in [5.41, 5.74) is 5.80. The molecule has 0 atom stereocenters. The first-order chi connectivity index (χ1) is 14.2. The van der Waals surface area contributed by atoms with Gasteiger partial charge >= 0.3 is 0 Å². The van der Waals surface area contributed by atoms with Crippen molar-refractivity contribution in [3.05, 3.63) is 96.7 Å². The highest BCUT2D eigenvalue weighted by Gasteiger charge is 2.10. The Morgan fingerprint density at radius 1 is 0.690 bits per heavy atom. The van der Waals surface area contributed by atoms with E-state index in [1.807, 2.05) is 18.3 Å². The van der Waals surface area contributed by atoms with Crippen LogP contribution in [0.1, 0.15) is 5.56 Å². The van der Waals surface area contributed by atoms with Gasteiger partial charge in [0, 0.05) is 17.1 Å². The van der Waals surface area contributed by atoms with Gasteiger partial charge in [-0.3, -0.25) is 4.98 Å². The summed E-state index contributed by atoms with van der Waals surface area (Å²) in [6.45, 7) is 2.16. The van der Waals surface area contributed by atoms with Gasteiger partial charge in [-0.2, -0.15) is 0 Å². The molecule has 0 N–H and O–H groups in total. The number of aromatic nitrogens is 1. The highest BCUT2D eigenvalue weighted by Crippen LogP contribution is 2.34. The molecule has 0 aliphatic rings. The van der Waals surface area contributed by atoms with Gasteiger partial charge in [-0.05, 0) is 64.0 Å². The number of nitrogens with zero attached hydrogens (tertiary/aromatic N) is 1. The molecular formula is C27H21NO. The highest BCUT2D eigenvalue weighted by atomic mass is 16.5. The van der Waals surface area contributed by atoms with Gasteiger partial charge < -0.3 is 4.74 Å². The first-order valence-electron chi connectivity index (χ1n) is 9.76. The van der Waals surface area contributed by atoms with Crippen LogP contribution in [0.25, 0.3) is 43.9 Å². The Balaban J connectivity index is 1.63. The molecule has 0 saturated heterocycles. The van der Waals surface area contributed by atoms with E-state index in [1.165, 1.54) is 38.2 Å². The van der Waals surface area contributed by atoms with Crippen LogP contribution in [0.4, 0.5) is 0 Å². The Kier molecular flexibility index (Phi) is 4.25. The van der Waals surface area contributed by atoms with Gasteiger partial charge in [0.1, 0.15) is 5.75 Å². The Hall–Kier alpha value is -3.65. The lowest BCUT2D eigenvalue weighted by Crippen LogP contribution is -1.90. The number of rotatable bonds is 3. The zero-order valence-corrected chi connectivity index (χ0v) is 16.5. The molecule has 2 heteroatoms. The number of fused-ring (bicyclic) bond motifs is 3. The number of benzene rings is 4. The molecule has 1 aromatic heterocycles. The summed E-state index contributed by atoms with van der Waals surface area (Å²) < 4.78 is 5.28. The average Bonchev–Trinajstić information content (AvgIpc) is 2.78. The first-order valence-corrected chi connectivity index (χ1v) is 9.76. The number of hydrogen-bond donors (Lipinski definition) is 0. The lowest BCUT2D eigenvalue weighted by atomic mass is 9.94. The topological polar surface area (TPSA) is 22.1 Å². The van der Waals surface area contributed by atoms with Crippen LogP contribution in [0.2, 0.25) is 0 Å². The van der Waals surface area contributed by atoms with Gasteiger partial charge in [0.05, 0.1) is 12.8 Å². The average molecular weight is 375 g/mol. The maximum absolute atomic E-state index is 5.28. The van der Waals surface area contributed by atoms with Gasteiger partial charge in [-0.25, -0.2) is 0 Å². The SMILES string of the molecule is COc1ccc(-c2ccc(-c3nccc4c3ccc3ccccc34)cc2C)cc1. The van der Waals surface area contributed by atoms with Crippen molar-refractivity contribution in [2.24, 2.45) is 0 Å². The number of ether oxygens (including phenoxy) is 1. The van der Waals surface area contributed by atoms with Crippen molar-refractivity contribution in [3.63, 3.8) is 0 Å². The van der Waals surface area contributed by atoms with Gasteiger partial charge in [-0.15, -0.1) is 0 Å². The Morgan fingerprint density at radius 3 is 2.28 bits per heavy atom. The van der Waals surface area contributed by atoms with Gasteiger partial charge in [0.2, 0.25) is 0 Å². The highest BCUT2D eigenvalue weighted by molar-refractivity contribution is 6.11. The molecule has 0 spiro atoms. The molecule has 0 bridgehead atoms. The molecule has 140 valence electrons. The van der Waals surface area contributed by atoms with Crippen molar-refractivity contribution in [2.45, 2.75) is 6.92 Å². The van der Waals surface area contributed by atoms with E-state index in [9.17, 15) is 0 Å². The molecule has 4 aromatic carbocycles. The predicted molar refractivity (Wildman–Crippen MR) is 121 cm³/mol. The van der Waals surface area contributed by atoms with Crippen LogP contribution < -0.4 is 4.74 Å². The van der Waals surface area contributed by atoms with E-state index in [4.69, 9.17) is 9.72 Å². The smallest absolute Gasteiger partial charge is 0.118 e. The fraction of sp³-hybridized carbons (Fsp3) is 0.0741. The molecular weight excluding hydrogens is 354 g/mol. The molecule has 0 aliphatic carbocycles. The number of hydrogen-bond acceptors (Lipinski definition) is 2. The molecule has 1 heterocycles. The lowest BCUT2D eigenvalue weighted by molar-refractivity contribution is 0.415. The summed E-state index contributed by atoms with van der Waals surface area (Å²) in [5, 5.41) is 4.94. The van der Waals surface area contributed by atoms with Gasteiger partial charge in [-0.1, -0.05) is 60.7 Å². The van der Waals surface area contributed by atoms with E-state index in [2.05, 4.69) is 79.7 Å². The summed E-state index contributed by atoms with van der Waals surface area (Å²) in [4.78, 5) is 4.73. The zero-order valence-electron chi connectivity index (χ0n) is 16.5. The van der Waals surface area contributed by atoms with Crippen LogP contribution in [0.3, 0.4) is 0 Å². The summed E-state index contributed by atoms with van der Waals surface area (Å²) in [7, 11) is 1.69. The van der Waals surface area contributed by atoms with Crippen LogP contribution >= 0.6 is 0 Å². The fourth-order valence-corrected chi connectivity index (χ4v) is 4.07. The van der Waals surface area contributed by atoms with Crippen molar-refractivity contribution < 1.29 is 4.74 Å². The second kappa shape index (κ2) is 7.06. The van der Waals surface area contributed by atoms with Gasteiger partial charge in [0.25, 0.3) is 0 Å². The summed E-state index contributed by atoms with van der Waals surface area (Å²) in [5.74, 6) is 0.871. The number of aryl methyl sites for hydroxylation is 1. The Morgan fingerprint density at radius 2 is 1.48 bits per heavy atom. The summed E-state index contributed by atoms with van der Waals surface area (Å²) in [6.07, 6.45) is 1.91. The maximum atomic E-state index is 5.28.